The summed E-state index contributed by atoms with van der Waals surface area (Å²) in [5, 5.41) is 13.7. The summed E-state index contributed by atoms with van der Waals surface area (Å²) < 4.78 is 0.914. The van der Waals surface area contributed by atoms with Crippen molar-refractivity contribution in [1.82, 2.24) is 10.2 Å². The average molecular weight is 340 g/mol. The number of nitrogens with two attached hydrogens (primary N) is 1. The molecule has 0 bridgehead atoms. The maximum atomic E-state index is 10.4. The van der Waals surface area contributed by atoms with Gasteiger partial charge in [-0.15, -0.1) is 6.58 Å². The van der Waals surface area contributed by atoms with E-state index in [1.54, 1.807) is 6.07 Å². The van der Waals surface area contributed by atoms with Crippen LogP contribution in [-0.4, -0.2) is 36.2 Å². The standard InChI is InChI=1S/C15H22BrN3O/c1-2-3-4-13(19-9-7-18-8-10-19)14-11(16)5-6-12(17)15(14)20/h2,5-6,13,18,20H,1,3-4,7-10,17H2/t13-/m0/s1. The van der Waals surface area contributed by atoms with Gasteiger partial charge in [-0.3, -0.25) is 4.90 Å². The van der Waals surface area contributed by atoms with Gasteiger partial charge in [0.05, 0.1) is 5.69 Å². The molecule has 4 nitrogen and oxygen atoms in total. The normalized spacial score (nSPS) is 17.9. The number of phenols is 1. The second kappa shape index (κ2) is 7.11. The van der Waals surface area contributed by atoms with Crippen molar-refractivity contribution in [3.05, 3.63) is 34.8 Å². The van der Waals surface area contributed by atoms with Gasteiger partial charge in [0, 0.05) is 42.3 Å². The van der Waals surface area contributed by atoms with E-state index in [4.69, 9.17) is 5.73 Å². The number of nitrogen functional groups attached to an aromatic ring is 1. The number of hydrogen-bond acceptors (Lipinski definition) is 4. The van der Waals surface area contributed by atoms with Gasteiger partial charge in [-0.1, -0.05) is 22.0 Å². The number of anilines is 1. The predicted octanol–water partition coefficient (Wildman–Crippen LogP) is 2.65. The van der Waals surface area contributed by atoms with Gasteiger partial charge in [-0.05, 0) is 25.0 Å². The summed E-state index contributed by atoms with van der Waals surface area (Å²) >= 11 is 3.56. The van der Waals surface area contributed by atoms with E-state index in [-0.39, 0.29) is 11.8 Å². The van der Waals surface area contributed by atoms with Crippen molar-refractivity contribution >= 4 is 21.6 Å². The monoisotopic (exact) mass is 339 g/mol. The smallest absolute Gasteiger partial charge is 0.144 e. The molecule has 1 fully saturated rings. The van der Waals surface area contributed by atoms with Gasteiger partial charge in [0.15, 0.2) is 0 Å². The summed E-state index contributed by atoms with van der Waals surface area (Å²) in [4.78, 5) is 2.40. The van der Waals surface area contributed by atoms with Crippen LogP contribution in [0.25, 0.3) is 0 Å². The number of rotatable bonds is 5. The Morgan fingerprint density at radius 1 is 1.45 bits per heavy atom. The van der Waals surface area contributed by atoms with Crippen molar-refractivity contribution in [2.75, 3.05) is 31.9 Å². The summed E-state index contributed by atoms with van der Waals surface area (Å²) in [7, 11) is 0. The zero-order valence-electron chi connectivity index (χ0n) is 11.6. The molecule has 1 aromatic carbocycles. The molecule has 0 saturated carbocycles. The molecule has 1 saturated heterocycles. The van der Waals surface area contributed by atoms with Crippen LogP contribution in [0.2, 0.25) is 0 Å². The van der Waals surface area contributed by atoms with Crippen molar-refractivity contribution in [2.24, 2.45) is 0 Å². The quantitative estimate of drug-likeness (QED) is 0.438. The van der Waals surface area contributed by atoms with Gasteiger partial charge >= 0.3 is 0 Å². The first-order valence-corrected chi connectivity index (χ1v) is 7.77. The third kappa shape index (κ3) is 3.34. The number of halogens is 1. The van der Waals surface area contributed by atoms with E-state index >= 15 is 0 Å². The predicted molar refractivity (Wildman–Crippen MR) is 86.8 cm³/mol. The molecule has 1 aliphatic heterocycles. The van der Waals surface area contributed by atoms with E-state index < -0.39 is 0 Å². The summed E-state index contributed by atoms with van der Waals surface area (Å²) in [5.41, 5.74) is 7.19. The zero-order chi connectivity index (χ0) is 14.5. The lowest BCUT2D eigenvalue weighted by Crippen LogP contribution is -2.45. The number of allylic oxidation sites excluding steroid dienone is 1. The van der Waals surface area contributed by atoms with Gasteiger partial charge < -0.3 is 16.2 Å². The molecule has 0 spiro atoms. The fourth-order valence-corrected chi connectivity index (χ4v) is 3.28. The van der Waals surface area contributed by atoms with Crippen LogP contribution in [-0.2, 0) is 0 Å². The summed E-state index contributed by atoms with van der Waals surface area (Å²) in [6.07, 6.45) is 3.76. The van der Waals surface area contributed by atoms with Crippen molar-refractivity contribution in [3.8, 4) is 5.75 Å². The molecular weight excluding hydrogens is 318 g/mol. The molecule has 0 aliphatic carbocycles. The number of nitrogens with one attached hydrogen (secondary N) is 1. The Morgan fingerprint density at radius 3 is 2.80 bits per heavy atom. The van der Waals surface area contributed by atoms with Crippen LogP contribution in [0.5, 0.6) is 5.75 Å². The molecule has 1 aliphatic rings. The van der Waals surface area contributed by atoms with Gasteiger partial charge in [0.1, 0.15) is 5.75 Å². The van der Waals surface area contributed by atoms with Crippen LogP contribution in [0, 0.1) is 0 Å². The number of hydrogen-bond donors (Lipinski definition) is 3. The first kappa shape index (κ1) is 15.4. The Labute approximate surface area is 128 Å². The van der Waals surface area contributed by atoms with E-state index in [0.717, 1.165) is 49.1 Å². The van der Waals surface area contributed by atoms with Crippen molar-refractivity contribution in [2.45, 2.75) is 18.9 Å². The third-order valence-electron chi connectivity index (χ3n) is 3.76. The molecule has 4 N–H and O–H groups in total. The number of piperazine rings is 1. The van der Waals surface area contributed by atoms with Crippen LogP contribution in [0.3, 0.4) is 0 Å². The minimum Gasteiger partial charge on any atom is -0.505 e. The van der Waals surface area contributed by atoms with Crippen molar-refractivity contribution in [3.63, 3.8) is 0 Å². The topological polar surface area (TPSA) is 61.5 Å². The number of phenolic OH excluding ortho intramolecular Hbond substituents is 1. The highest BCUT2D eigenvalue weighted by Gasteiger charge is 2.26. The lowest BCUT2D eigenvalue weighted by Gasteiger charge is -2.36. The van der Waals surface area contributed by atoms with Crippen molar-refractivity contribution < 1.29 is 5.11 Å². The fourth-order valence-electron chi connectivity index (χ4n) is 2.70. The maximum Gasteiger partial charge on any atom is 0.144 e. The Bertz CT molecular complexity index is 472. The number of benzene rings is 1. The number of nitrogens with zero attached hydrogens (tertiary/aromatic N) is 1. The Hall–Kier alpha value is -1.04. The van der Waals surface area contributed by atoms with Crippen LogP contribution >= 0.6 is 15.9 Å². The molecule has 5 heteroatoms. The minimum atomic E-state index is 0.160. The van der Waals surface area contributed by atoms with E-state index in [9.17, 15) is 5.11 Å². The molecule has 0 radical (unpaired) electrons. The SMILES string of the molecule is C=CCC[C@@H](c1c(Br)ccc(N)c1O)N1CCNCC1. The van der Waals surface area contributed by atoms with Crippen LogP contribution in [0.4, 0.5) is 5.69 Å². The molecule has 0 amide bonds. The summed E-state index contributed by atoms with van der Waals surface area (Å²) in [6, 6.07) is 3.80. The molecule has 110 valence electrons. The first-order valence-electron chi connectivity index (χ1n) is 6.97. The largest absolute Gasteiger partial charge is 0.505 e. The van der Waals surface area contributed by atoms with E-state index in [2.05, 4.69) is 32.7 Å². The fraction of sp³-hybridized carbons (Fsp3) is 0.467. The van der Waals surface area contributed by atoms with E-state index in [1.165, 1.54) is 0 Å². The summed E-state index contributed by atoms with van der Waals surface area (Å²) in [6.45, 7) is 7.71. The van der Waals surface area contributed by atoms with Gasteiger partial charge in [0.2, 0.25) is 0 Å². The lowest BCUT2D eigenvalue weighted by atomic mass is 9.97. The molecule has 1 aromatic rings. The maximum absolute atomic E-state index is 10.4. The Morgan fingerprint density at radius 2 is 2.15 bits per heavy atom. The average Bonchev–Trinajstić information content (AvgIpc) is 2.47. The second-order valence-electron chi connectivity index (χ2n) is 5.07. The Balaban J connectivity index is 2.34. The lowest BCUT2D eigenvalue weighted by molar-refractivity contribution is 0.163. The van der Waals surface area contributed by atoms with Crippen molar-refractivity contribution in [1.29, 1.82) is 0 Å². The molecule has 0 unspecified atom stereocenters. The van der Waals surface area contributed by atoms with E-state index in [1.807, 2.05) is 12.1 Å². The molecule has 1 atom stereocenters. The third-order valence-corrected chi connectivity index (χ3v) is 4.46. The zero-order valence-corrected chi connectivity index (χ0v) is 13.2. The van der Waals surface area contributed by atoms with Gasteiger partial charge in [0.25, 0.3) is 0 Å². The highest BCUT2D eigenvalue weighted by molar-refractivity contribution is 9.10. The Kier molecular flexibility index (Phi) is 5.46. The molecule has 0 aromatic heterocycles. The van der Waals surface area contributed by atoms with Crippen LogP contribution in [0.1, 0.15) is 24.4 Å². The molecular formula is C15H22BrN3O. The second-order valence-corrected chi connectivity index (χ2v) is 5.92. The van der Waals surface area contributed by atoms with Crippen LogP contribution in [0.15, 0.2) is 29.3 Å². The van der Waals surface area contributed by atoms with E-state index in [0.29, 0.717) is 5.69 Å². The highest BCUT2D eigenvalue weighted by atomic mass is 79.9. The van der Waals surface area contributed by atoms with Gasteiger partial charge in [-0.25, -0.2) is 0 Å². The molecule has 2 rings (SSSR count). The first-order chi connectivity index (χ1) is 9.65. The highest BCUT2D eigenvalue weighted by Crippen LogP contribution is 2.40. The molecule has 20 heavy (non-hydrogen) atoms. The number of aromatic hydroxyl groups is 1. The van der Waals surface area contributed by atoms with Gasteiger partial charge in [-0.2, -0.15) is 0 Å². The minimum absolute atomic E-state index is 0.160. The molecule has 1 heterocycles. The van der Waals surface area contributed by atoms with Crippen LogP contribution < -0.4 is 11.1 Å². The summed E-state index contributed by atoms with van der Waals surface area (Å²) in [5.74, 6) is 0.201.